The first-order valence-electron chi connectivity index (χ1n) is 7.97. The molecular weight excluding hydrogens is 321 g/mol. The third-order valence-corrected chi connectivity index (χ3v) is 4.25. The third kappa shape index (κ3) is 4.32. The van der Waals surface area contributed by atoms with E-state index in [1.807, 2.05) is 6.07 Å². The van der Waals surface area contributed by atoms with E-state index in [1.54, 1.807) is 32.9 Å². The number of aromatic amines is 1. The van der Waals surface area contributed by atoms with Crippen LogP contribution in [0.5, 0.6) is 0 Å². The molecule has 2 rings (SSSR count). The van der Waals surface area contributed by atoms with Gasteiger partial charge in [0.25, 0.3) is 5.56 Å². The number of aryl methyl sites for hydroxylation is 2. The van der Waals surface area contributed by atoms with Gasteiger partial charge in [0.05, 0.1) is 0 Å². The lowest BCUT2D eigenvalue weighted by molar-refractivity contribution is -0.121. The molecule has 0 unspecified atom stereocenters. The lowest BCUT2D eigenvalue weighted by atomic mass is 9.99. The van der Waals surface area contributed by atoms with Crippen molar-refractivity contribution in [3.8, 4) is 6.07 Å². The second kappa shape index (κ2) is 7.75. The number of carbonyl (C=O) groups is 1. The van der Waals surface area contributed by atoms with Crippen LogP contribution in [0, 0.1) is 37.9 Å². The van der Waals surface area contributed by atoms with E-state index in [2.05, 4.69) is 10.3 Å². The average molecular weight is 341 g/mol. The van der Waals surface area contributed by atoms with E-state index in [9.17, 15) is 14.0 Å². The Morgan fingerprint density at radius 1 is 1.32 bits per heavy atom. The van der Waals surface area contributed by atoms with Crippen LogP contribution in [-0.2, 0) is 17.8 Å². The van der Waals surface area contributed by atoms with E-state index in [0.29, 0.717) is 28.8 Å². The van der Waals surface area contributed by atoms with Crippen molar-refractivity contribution >= 4 is 5.91 Å². The van der Waals surface area contributed by atoms with Gasteiger partial charge in [-0.15, -0.1) is 0 Å². The van der Waals surface area contributed by atoms with Crippen molar-refractivity contribution in [2.45, 2.75) is 40.2 Å². The summed E-state index contributed by atoms with van der Waals surface area (Å²) in [7, 11) is 0. The van der Waals surface area contributed by atoms with Gasteiger partial charge in [-0.1, -0.05) is 12.1 Å². The number of pyridine rings is 1. The smallest absolute Gasteiger partial charge is 0.266 e. The summed E-state index contributed by atoms with van der Waals surface area (Å²) in [5.41, 5.74) is 3.00. The van der Waals surface area contributed by atoms with E-state index in [1.165, 1.54) is 6.07 Å². The standard InChI is InChI=1S/C19H20FN3O2/c1-11-4-5-14(8-17(11)20)10-22-18(24)7-6-15-12(2)16(9-21)19(25)23-13(15)3/h4-5,8H,6-7,10H2,1-3H3,(H,22,24)(H,23,25). The molecule has 1 heterocycles. The third-order valence-electron chi connectivity index (χ3n) is 4.25. The van der Waals surface area contributed by atoms with Crippen LogP contribution in [0.3, 0.4) is 0 Å². The van der Waals surface area contributed by atoms with Crippen LogP contribution in [0.4, 0.5) is 4.39 Å². The number of H-pyrrole nitrogens is 1. The van der Waals surface area contributed by atoms with Gasteiger partial charge in [0, 0.05) is 18.7 Å². The maximum Gasteiger partial charge on any atom is 0.266 e. The highest BCUT2D eigenvalue weighted by molar-refractivity contribution is 5.76. The molecule has 25 heavy (non-hydrogen) atoms. The molecule has 130 valence electrons. The number of rotatable bonds is 5. The number of aromatic nitrogens is 1. The predicted octanol–water partition coefficient (Wildman–Crippen LogP) is 2.56. The summed E-state index contributed by atoms with van der Waals surface area (Å²) >= 11 is 0. The van der Waals surface area contributed by atoms with E-state index in [0.717, 1.165) is 5.56 Å². The first-order chi connectivity index (χ1) is 11.8. The monoisotopic (exact) mass is 341 g/mol. The lowest BCUT2D eigenvalue weighted by Crippen LogP contribution is -2.24. The van der Waals surface area contributed by atoms with Gasteiger partial charge in [-0.05, 0) is 55.5 Å². The Hall–Kier alpha value is -2.94. The first kappa shape index (κ1) is 18.4. The number of nitrogens with one attached hydrogen (secondary N) is 2. The van der Waals surface area contributed by atoms with Crippen molar-refractivity contribution < 1.29 is 9.18 Å². The minimum Gasteiger partial charge on any atom is -0.352 e. The molecule has 2 aromatic rings. The van der Waals surface area contributed by atoms with Crippen molar-refractivity contribution in [3.63, 3.8) is 0 Å². The van der Waals surface area contributed by atoms with Crippen LogP contribution >= 0.6 is 0 Å². The van der Waals surface area contributed by atoms with Crippen LogP contribution < -0.4 is 10.9 Å². The van der Waals surface area contributed by atoms with Gasteiger partial charge in [0.2, 0.25) is 5.91 Å². The Balaban J connectivity index is 2.00. The molecule has 0 aliphatic carbocycles. The zero-order valence-corrected chi connectivity index (χ0v) is 14.5. The molecule has 2 N–H and O–H groups in total. The summed E-state index contributed by atoms with van der Waals surface area (Å²) in [4.78, 5) is 26.4. The van der Waals surface area contributed by atoms with Crippen molar-refractivity contribution in [1.82, 2.24) is 10.3 Å². The van der Waals surface area contributed by atoms with E-state index < -0.39 is 5.56 Å². The summed E-state index contributed by atoms with van der Waals surface area (Å²) in [6.45, 7) is 5.39. The predicted molar refractivity (Wildman–Crippen MR) is 92.6 cm³/mol. The molecular formula is C19H20FN3O2. The van der Waals surface area contributed by atoms with Crippen LogP contribution in [0.1, 0.15) is 39.9 Å². The Kier molecular flexibility index (Phi) is 5.71. The summed E-state index contributed by atoms with van der Waals surface area (Å²) < 4.78 is 13.5. The molecule has 1 amide bonds. The van der Waals surface area contributed by atoms with Gasteiger partial charge in [-0.3, -0.25) is 9.59 Å². The fourth-order valence-electron chi connectivity index (χ4n) is 2.69. The van der Waals surface area contributed by atoms with Gasteiger partial charge in [0.15, 0.2) is 0 Å². The fourth-order valence-corrected chi connectivity index (χ4v) is 2.69. The van der Waals surface area contributed by atoms with Gasteiger partial charge in [-0.2, -0.15) is 5.26 Å². The van der Waals surface area contributed by atoms with Crippen molar-refractivity contribution in [3.05, 3.63) is 67.9 Å². The molecule has 0 aliphatic rings. The van der Waals surface area contributed by atoms with Gasteiger partial charge >= 0.3 is 0 Å². The number of halogens is 1. The van der Waals surface area contributed by atoms with Crippen LogP contribution in [0.2, 0.25) is 0 Å². The average Bonchev–Trinajstić information content (AvgIpc) is 2.55. The maximum absolute atomic E-state index is 13.5. The quantitative estimate of drug-likeness (QED) is 0.876. The number of benzene rings is 1. The fraction of sp³-hybridized carbons (Fsp3) is 0.316. The van der Waals surface area contributed by atoms with Crippen molar-refractivity contribution in [2.75, 3.05) is 0 Å². The Bertz CT molecular complexity index is 910. The Morgan fingerprint density at radius 2 is 2.04 bits per heavy atom. The van der Waals surface area contributed by atoms with Crippen molar-refractivity contribution in [1.29, 1.82) is 5.26 Å². The summed E-state index contributed by atoms with van der Waals surface area (Å²) in [5.74, 6) is -0.472. The van der Waals surface area contributed by atoms with Crippen LogP contribution in [0.25, 0.3) is 0 Å². The zero-order valence-electron chi connectivity index (χ0n) is 14.5. The summed E-state index contributed by atoms with van der Waals surface area (Å²) in [5, 5.41) is 11.8. The minimum absolute atomic E-state index is 0.0798. The van der Waals surface area contributed by atoms with Gasteiger partial charge in [-0.25, -0.2) is 4.39 Å². The molecule has 1 aromatic heterocycles. The number of nitriles is 1. The van der Waals surface area contributed by atoms with Crippen LogP contribution in [-0.4, -0.2) is 10.9 Å². The molecule has 0 spiro atoms. The molecule has 6 heteroatoms. The Labute approximate surface area is 145 Å². The van der Waals surface area contributed by atoms with Gasteiger partial charge < -0.3 is 10.3 Å². The van der Waals surface area contributed by atoms with E-state index >= 15 is 0 Å². The molecule has 0 aliphatic heterocycles. The van der Waals surface area contributed by atoms with Crippen molar-refractivity contribution in [2.24, 2.45) is 0 Å². The zero-order chi connectivity index (χ0) is 18.6. The number of hydrogen-bond donors (Lipinski definition) is 2. The largest absolute Gasteiger partial charge is 0.352 e. The Morgan fingerprint density at radius 3 is 2.68 bits per heavy atom. The highest BCUT2D eigenvalue weighted by atomic mass is 19.1. The summed E-state index contributed by atoms with van der Waals surface area (Å²) in [6, 6.07) is 6.75. The summed E-state index contributed by atoms with van der Waals surface area (Å²) in [6.07, 6.45) is 0.629. The first-order valence-corrected chi connectivity index (χ1v) is 7.97. The molecule has 5 nitrogen and oxygen atoms in total. The molecule has 0 atom stereocenters. The topological polar surface area (TPSA) is 85.8 Å². The molecule has 0 fully saturated rings. The molecule has 1 aromatic carbocycles. The molecule has 0 bridgehead atoms. The minimum atomic E-state index is -0.410. The normalized spacial score (nSPS) is 10.4. The number of amides is 1. The second-order valence-electron chi connectivity index (χ2n) is 6.03. The number of carbonyl (C=O) groups excluding carboxylic acids is 1. The lowest BCUT2D eigenvalue weighted by Gasteiger charge is -2.11. The van der Waals surface area contributed by atoms with E-state index in [-0.39, 0.29) is 30.3 Å². The second-order valence-corrected chi connectivity index (χ2v) is 6.03. The number of hydrogen-bond acceptors (Lipinski definition) is 3. The SMILES string of the molecule is Cc1ccc(CNC(=O)CCc2c(C)[nH]c(=O)c(C#N)c2C)cc1F. The number of nitrogens with zero attached hydrogens (tertiary/aromatic N) is 1. The molecule has 0 radical (unpaired) electrons. The maximum atomic E-state index is 13.5. The van der Waals surface area contributed by atoms with E-state index in [4.69, 9.17) is 5.26 Å². The highest BCUT2D eigenvalue weighted by Crippen LogP contribution is 2.15. The van der Waals surface area contributed by atoms with Gasteiger partial charge in [0.1, 0.15) is 17.4 Å². The molecule has 0 saturated carbocycles. The highest BCUT2D eigenvalue weighted by Gasteiger charge is 2.13. The van der Waals surface area contributed by atoms with Crippen LogP contribution in [0.15, 0.2) is 23.0 Å². The molecule has 0 saturated heterocycles.